The molecule has 0 radical (unpaired) electrons. The topological polar surface area (TPSA) is 49.7 Å². The van der Waals surface area contributed by atoms with Crippen molar-refractivity contribution in [2.24, 2.45) is 5.92 Å². The van der Waals surface area contributed by atoms with Crippen LogP contribution >= 0.6 is 0 Å². The molecule has 3 nitrogen and oxygen atoms in total. The molecule has 1 unspecified atom stereocenters. The van der Waals surface area contributed by atoms with E-state index in [1.165, 1.54) is 19.3 Å². The van der Waals surface area contributed by atoms with Crippen LogP contribution in [0.1, 0.15) is 32.1 Å². The number of aliphatic hydroxyl groups is 2. The summed E-state index contributed by atoms with van der Waals surface area (Å²) in [7, 11) is 0. The van der Waals surface area contributed by atoms with Crippen molar-refractivity contribution in [2.45, 2.75) is 38.2 Å². The van der Waals surface area contributed by atoms with Crippen molar-refractivity contribution in [1.29, 1.82) is 0 Å². The quantitative estimate of drug-likeness (QED) is 0.631. The van der Waals surface area contributed by atoms with Gasteiger partial charge in [-0.3, -0.25) is 0 Å². The Bertz CT molecular complexity index is 121. The highest BCUT2D eigenvalue weighted by atomic mass is 16.5. The average Bonchev–Trinajstić information content (AvgIpc) is 2.19. The molecule has 1 fully saturated rings. The molecule has 1 atom stereocenters. The minimum atomic E-state index is -0.327. The standard InChI is InChI=1S/C10H20O3/c11-6-7-13-8-10(12)9-4-2-1-3-5-9/h9-12H,1-8H2. The van der Waals surface area contributed by atoms with Gasteiger partial charge in [0.25, 0.3) is 0 Å². The molecule has 0 spiro atoms. The molecule has 1 aliphatic rings. The maximum atomic E-state index is 9.69. The number of ether oxygens (including phenoxy) is 1. The van der Waals surface area contributed by atoms with Gasteiger partial charge in [0.2, 0.25) is 0 Å². The van der Waals surface area contributed by atoms with E-state index in [9.17, 15) is 5.11 Å². The Morgan fingerprint density at radius 1 is 1.23 bits per heavy atom. The van der Waals surface area contributed by atoms with Gasteiger partial charge in [0.1, 0.15) is 0 Å². The molecule has 13 heavy (non-hydrogen) atoms. The van der Waals surface area contributed by atoms with E-state index in [0.717, 1.165) is 12.8 Å². The monoisotopic (exact) mass is 188 g/mol. The van der Waals surface area contributed by atoms with Gasteiger partial charge in [-0.1, -0.05) is 19.3 Å². The third kappa shape index (κ3) is 4.07. The Balaban J connectivity index is 2.09. The van der Waals surface area contributed by atoms with Crippen LogP contribution < -0.4 is 0 Å². The Morgan fingerprint density at radius 3 is 2.54 bits per heavy atom. The van der Waals surface area contributed by atoms with Crippen LogP contribution in [0.15, 0.2) is 0 Å². The molecule has 0 aliphatic heterocycles. The Kier molecular flexibility index (Phi) is 5.35. The van der Waals surface area contributed by atoms with E-state index in [4.69, 9.17) is 9.84 Å². The van der Waals surface area contributed by atoms with E-state index in [1.54, 1.807) is 0 Å². The summed E-state index contributed by atoms with van der Waals surface area (Å²) in [5.74, 6) is 0.424. The summed E-state index contributed by atoms with van der Waals surface area (Å²) < 4.78 is 5.10. The van der Waals surface area contributed by atoms with Crippen molar-refractivity contribution in [3.05, 3.63) is 0 Å². The van der Waals surface area contributed by atoms with E-state index in [-0.39, 0.29) is 12.7 Å². The third-order valence-corrected chi connectivity index (χ3v) is 2.72. The summed E-state index contributed by atoms with van der Waals surface area (Å²) in [6, 6.07) is 0. The molecule has 1 aliphatic carbocycles. The molecular formula is C10H20O3. The smallest absolute Gasteiger partial charge is 0.0801 e. The lowest BCUT2D eigenvalue weighted by atomic mass is 9.85. The summed E-state index contributed by atoms with van der Waals surface area (Å²) in [6.07, 6.45) is 5.71. The minimum Gasteiger partial charge on any atom is -0.394 e. The fourth-order valence-corrected chi connectivity index (χ4v) is 1.92. The second-order valence-electron chi connectivity index (χ2n) is 3.76. The molecule has 78 valence electrons. The van der Waals surface area contributed by atoms with Gasteiger partial charge in [-0.25, -0.2) is 0 Å². The molecule has 3 heteroatoms. The van der Waals surface area contributed by atoms with Crippen molar-refractivity contribution < 1.29 is 14.9 Å². The lowest BCUT2D eigenvalue weighted by Crippen LogP contribution is -2.28. The molecule has 2 N–H and O–H groups in total. The molecule has 1 saturated carbocycles. The summed E-state index contributed by atoms with van der Waals surface area (Å²) in [4.78, 5) is 0. The predicted molar refractivity (Wildman–Crippen MR) is 50.5 cm³/mol. The van der Waals surface area contributed by atoms with Crippen LogP contribution in [-0.4, -0.2) is 36.1 Å². The van der Waals surface area contributed by atoms with Crippen LogP contribution in [0, 0.1) is 5.92 Å². The summed E-state index contributed by atoms with van der Waals surface area (Å²) in [5.41, 5.74) is 0. The fourth-order valence-electron chi connectivity index (χ4n) is 1.92. The largest absolute Gasteiger partial charge is 0.394 e. The first kappa shape index (κ1) is 11.0. The zero-order valence-electron chi connectivity index (χ0n) is 8.11. The molecule has 0 bridgehead atoms. The van der Waals surface area contributed by atoms with Gasteiger partial charge in [-0.05, 0) is 18.8 Å². The molecular weight excluding hydrogens is 168 g/mol. The summed E-state index contributed by atoms with van der Waals surface area (Å²) >= 11 is 0. The molecule has 0 aromatic rings. The van der Waals surface area contributed by atoms with Crippen LogP contribution in [0.5, 0.6) is 0 Å². The van der Waals surface area contributed by atoms with Crippen molar-refractivity contribution in [2.75, 3.05) is 19.8 Å². The minimum absolute atomic E-state index is 0.0391. The zero-order chi connectivity index (χ0) is 9.52. The molecule has 1 rings (SSSR count). The predicted octanol–water partition coefficient (Wildman–Crippen LogP) is 0.936. The second-order valence-corrected chi connectivity index (χ2v) is 3.76. The van der Waals surface area contributed by atoms with E-state index >= 15 is 0 Å². The maximum Gasteiger partial charge on any atom is 0.0801 e. The first-order chi connectivity index (χ1) is 6.34. The van der Waals surface area contributed by atoms with Crippen molar-refractivity contribution >= 4 is 0 Å². The number of rotatable bonds is 5. The highest BCUT2D eigenvalue weighted by Gasteiger charge is 2.21. The van der Waals surface area contributed by atoms with Crippen LogP contribution in [0.2, 0.25) is 0 Å². The van der Waals surface area contributed by atoms with E-state index in [2.05, 4.69) is 0 Å². The van der Waals surface area contributed by atoms with Gasteiger partial charge in [-0.15, -0.1) is 0 Å². The molecule has 0 saturated heterocycles. The number of aliphatic hydroxyl groups excluding tert-OH is 2. The molecule has 0 aromatic carbocycles. The van der Waals surface area contributed by atoms with E-state index in [0.29, 0.717) is 19.1 Å². The van der Waals surface area contributed by atoms with Crippen molar-refractivity contribution in [3.63, 3.8) is 0 Å². The first-order valence-electron chi connectivity index (χ1n) is 5.21. The van der Waals surface area contributed by atoms with Gasteiger partial charge in [-0.2, -0.15) is 0 Å². The van der Waals surface area contributed by atoms with Crippen LogP contribution in [0.25, 0.3) is 0 Å². The SMILES string of the molecule is OCCOCC(O)C1CCCCC1. The van der Waals surface area contributed by atoms with Gasteiger partial charge in [0.15, 0.2) is 0 Å². The van der Waals surface area contributed by atoms with Crippen LogP contribution in [0.3, 0.4) is 0 Å². The lowest BCUT2D eigenvalue weighted by molar-refractivity contribution is -0.0137. The molecule has 0 heterocycles. The first-order valence-corrected chi connectivity index (χ1v) is 5.21. The maximum absolute atomic E-state index is 9.69. The fraction of sp³-hybridized carbons (Fsp3) is 1.00. The Labute approximate surface area is 79.7 Å². The van der Waals surface area contributed by atoms with Crippen LogP contribution in [-0.2, 0) is 4.74 Å². The number of hydrogen-bond donors (Lipinski definition) is 2. The summed E-state index contributed by atoms with van der Waals surface area (Å²) in [6.45, 7) is 0.756. The summed E-state index contributed by atoms with van der Waals surface area (Å²) in [5, 5.41) is 18.2. The van der Waals surface area contributed by atoms with Gasteiger partial charge < -0.3 is 14.9 Å². The van der Waals surface area contributed by atoms with Gasteiger partial charge in [0.05, 0.1) is 25.9 Å². The molecule has 0 aromatic heterocycles. The highest BCUT2D eigenvalue weighted by Crippen LogP contribution is 2.26. The lowest BCUT2D eigenvalue weighted by Gasteiger charge is -2.26. The van der Waals surface area contributed by atoms with Crippen LogP contribution in [0.4, 0.5) is 0 Å². The van der Waals surface area contributed by atoms with E-state index in [1.807, 2.05) is 0 Å². The van der Waals surface area contributed by atoms with Gasteiger partial charge >= 0.3 is 0 Å². The third-order valence-electron chi connectivity index (χ3n) is 2.72. The Morgan fingerprint density at radius 2 is 1.92 bits per heavy atom. The normalized spacial score (nSPS) is 21.7. The van der Waals surface area contributed by atoms with Crippen molar-refractivity contribution in [3.8, 4) is 0 Å². The zero-order valence-corrected chi connectivity index (χ0v) is 8.11. The van der Waals surface area contributed by atoms with Crippen molar-refractivity contribution in [1.82, 2.24) is 0 Å². The average molecular weight is 188 g/mol. The second kappa shape index (κ2) is 6.35. The van der Waals surface area contributed by atoms with E-state index < -0.39 is 0 Å². The molecule has 0 amide bonds. The number of hydrogen-bond acceptors (Lipinski definition) is 3. The highest BCUT2D eigenvalue weighted by molar-refractivity contribution is 4.72. The Hall–Kier alpha value is -0.120. The van der Waals surface area contributed by atoms with Gasteiger partial charge in [0, 0.05) is 0 Å².